The highest BCUT2D eigenvalue weighted by atomic mass is 19.1. The van der Waals surface area contributed by atoms with E-state index < -0.39 is 23.5 Å². The fraction of sp³-hybridized carbons (Fsp3) is 0.400. The topological polar surface area (TPSA) is 132 Å². The number of nitrogens with zero attached hydrogens (tertiary/aromatic N) is 3. The van der Waals surface area contributed by atoms with Crippen LogP contribution in [0, 0.1) is 17.1 Å². The molecule has 1 aliphatic rings. The Labute approximate surface area is 177 Å². The summed E-state index contributed by atoms with van der Waals surface area (Å²) in [7, 11) is 0. The van der Waals surface area contributed by atoms with Crippen LogP contribution in [-0.4, -0.2) is 58.6 Å². The third kappa shape index (κ3) is 5.62. The predicted octanol–water partition coefficient (Wildman–Crippen LogP) is 1.88. The Balaban J connectivity index is 1.80. The lowest BCUT2D eigenvalue weighted by molar-refractivity contribution is -0.00178. The van der Waals surface area contributed by atoms with Gasteiger partial charge in [-0.05, 0) is 19.9 Å². The summed E-state index contributed by atoms with van der Waals surface area (Å²) in [5.74, 6) is -1.25. The van der Waals surface area contributed by atoms with E-state index in [4.69, 9.17) is 10.00 Å². The number of rotatable bonds is 8. The molecule has 0 aromatic carbocycles. The van der Waals surface area contributed by atoms with Crippen LogP contribution in [0.15, 0.2) is 24.5 Å². The van der Waals surface area contributed by atoms with Crippen molar-refractivity contribution >= 4 is 23.2 Å². The number of nitriles is 1. The molecule has 1 unspecified atom stereocenters. The molecular formula is C20H22F2N6O3. The molecule has 4 N–H and O–H groups in total. The maximum absolute atomic E-state index is 14.1. The van der Waals surface area contributed by atoms with Gasteiger partial charge in [-0.1, -0.05) is 0 Å². The molecule has 0 aliphatic carbocycles. The molecule has 0 bridgehead atoms. The Hall–Kier alpha value is -3.36. The fourth-order valence-electron chi connectivity index (χ4n) is 2.60. The number of aliphatic hydroxyl groups is 1. The Bertz CT molecular complexity index is 1000. The number of amides is 1. The molecule has 0 saturated carbocycles. The predicted molar refractivity (Wildman–Crippen MR) is 108 cm³/mol. The average molecular weight is 432 g/mol. The van der Waals surface area contributed by atoms with Gasteiger partial charge in [0.1, 0.15) is 18.1 Å². The summed E-state index contributed by atoms with van der Waals surface area (Å²) in [4.78, 5) is 20.6. The molecule has 1 saturated heterocycles. The SMILES string of the molecule is CC(C)(O)C(F)CNC(=O)c1cnc(Nc2ncc(C#N)cc2F)cc1NC1COC1. The molecule has 3 heterocycles. The zero-order valence-corrected chi connectivity index (χ0v) is 16.9. The number of carbonyl (C=O) groups is 1. The van der Waals surface area contributed by atoms with E-state index in [1.165, 1.54) is 32.3 Å². The zero-order chi connectivity index (χ0) is 22.6. The van der Waals surface area contributed by atoms with E-state index in [9.17, 15) is 18.7 Å². The van der Waals surface area contributed by atoms with Gasteiger partial charge < -0.3 is 25.8 Å². The van der Waals surface area contributed by atoms with Crippen molar-refractivity contribution in [2.75, 3.05) is 30.4 Å². The normalized spacial score (nSPS) is 14.8. The van der Waals surface area contributed by atoms with E-state index >= 15 is 0 Å². The number of ether oxygens (including phenoxy) is 1. The molecular weight excluding hydrogens is 410 g/mol. The van der Waals surface area contributed by atoms with Gasteiger partial charge in [-0.3, -0.25) is 4.79 Å². The third-order valence-corrected chi connectivity index (χ3v) is 4.57. The number of nitrogens with one attached hydrogen (secondary N) is 3. The Morgan fingerprint density at radius 1 is 1.39 bits per heavy atom. The number of hydrogen-bond acceptors (Lipinski definition) is 8. The van der Waals surface area contributed by atoms with Crippen LogP contribution < -0.4 is 16.0 Å². The van der Waals surface area contributed by atoms with Gasteiger partial charge in [0, 0.05) is 18.5 Å². The molecule has 164 valence electrons. The van der Waals surface area contributed by atoms with Crippen molar-refractivity contribution in [2.45, 2.75) is 31.7 Å². The van der Waals surface area contributed by atoms with Gasteiger partial charge in [0.2, 0.25) is 0 Å². The largest absolute Gasteiger partial charge is 0.387 e. The van der Waals surface area contributed by atoms with E-state index in [0.29, 0.717) is 18.9 Å². The molecule has 11 heteroatoms. The first-order chi connectivity index (χ1) is 14.7. The Morgan fingerprint density at radius 2 is 2.13 bits per heavy atom. The minimum absolute atomic E-state index is 0.0307. The van der Waals surface area contributed by atoms with Gasteiger partial charge in [-0.15, -0.1) is 0 Å². The quantitative estimate of drug-likeness (QED) is 0.497. The van der Waals surface area contributed by atoms with Gasteiger partial charge in [0.25, 0.3) is 5.91 Å². The molecule has 1 fully saturated rings. The highest BCUT2D eigenvalue weighted by molar-refractivity contribution is 5.99. The first kappa shape index (κ1) is 22.3. The van der Waals surface area contributed by atoms with Gasteiger partial charge in [-0.25, -0.2) is 18.7 Å². The van der Waals surface area contributed by atoms with E-state index in [2.05, 4.69) is 25.9 Å². The molecule has 2 aromatic heterocycles. The zero-order valence-electron chi connectivity index (χ0n) is 16.9. The second kappa shape index (κ2) is 9.20. The maximum atomic E-state index is 14.1. The van der Waals surface area contributed by atoms with E-state index in [-0.39, 0.29) is 35.3 Å². The summed E-state index contributed by atoms with van der Waals surface area (Å²) >= 11 is 0. The standard InChI is InChI=1S/C20H22F2N6O3/c1-20(2,30)16(22)8-26-19(29)13-7-24-17(4-15(13)27-12-9-31-10-12)28-18-14(21)3-11(5-23)6-25-18/h3-4,6-7,12,16,30H,8-10H2,1-2H3,(H,26,29)(H2,24,25,27,28). The average Bonchev–Trinajstić information content (AvgIpc) is 2.69. The molecule has 31 heavy (non-hydrogen) atoms. The second-order valence-electron chi connectivity index (χ2n) is 7.62. The van der Waals surface area contributed by atoms with Crippen molar-refractivity contribution < 1.29 is 23.4 Å². The van der Waals surface area contributed by atoms with Crippen LogP contribution in [0.2, 0.25) is 0 Å². The number of carbonyl (C=O) groups excluding carboxylic acids is 1. The molecule has 1 atom stereocenters. The van der Waals surface area contributed by atoms with Crippen LogP contribution in [0.25, 0.3) is 0 Å². The van der Waals surface area contributed by atoms with Crippen molar-refractivity contribution in [2.24, 2.45) is 0 Å². The van der Waals surface area contributed by atoms with Crippen LogP contribution in [0.3, 0.4) is 0 Å². The minimum atomic E-state index is -1.66. The van der Waals surface area contributed by atoms with Crippen LogP contribution in [0.1, 0.15) is 29.8 Å². The van der Waals surface area contributed by atoms with Crippen LogP contribution in [-0.2, 0) is 4.74 Å². The number of anilines is 3. The fourth-order valence-corrected chi connectivity index (χ4v) is 2.60. The number of aromatic nitrogens is 2. The summed E-state index contributed by atoms with van der Waals surface area (Å²) < 4.78 is 33.2. The molecule has 2 aromatic rings. The van der Waals surface area contributed by atoms with Crippen molar-refractivity contribution in [1.82, 2.24) is 15.3 Å². The molecule has 9 nitrogen and oxygen atoms in total. The number of pyridine rings is 2. The lowest BCUT2D eigenvalue weighted by atomic mass is 10.0. The summed E-state index contributed by atoms with van der Waals surface area (Å²) in [6.45, 7) is 3.14. The van der Waals surface area contributed by atoms with Crippen molar-refractivity contribution in [3.05, 3.63) is 41.5 Å². The third-order valence-electron chi connectivity index (χ3n) is 4.57. The number of hydrogen-bond donors (Lipinski definition) is 4. The summed E-state index contributed by atoms with van der Waals surface area (Å²) in [5.41, 5.74) is -0.987. The Morgan fingerprint density at radius 3 is 2.71 bits per heavy atom. The Kier molecular flexibility index (Phi) is 6.62. The monoisotopic (exact) mass is 432 g/mol. The molecule has 0 radical (unpaired) electrons. The van der Waals surface area contributed by atoms with Gasteiger partial charge in [-0.2, -0.15) is 5.26 Å². The molecule has 1 amide bonds. The van der Waals surface area contributed by atoms with Crippen LogP contribution in [0.4, 0.5) is 26.1 Å². The maximum Gasteiger partial charge on any atom is 0.255 e. The first-order valence-electron chi connectivity index (χ1n) is 9.49. The highest BCUT2D eigenvalue weighted by Gasteiger charge is 2.28. The molecule has 0 spiro atoms. The van der Waals surface area contributed by atoms with Gasteiger partial charge in [0.15, 0.2) is 11.6 Å². The van der Waals surface area contributed by atoms with E-state index in [1.54, 1.807) is 6.07 Å². The van der Waals surface area contributed by atoms with Gasteiger partial charge in [0.05, 0.1) is 48.2 Å². The minimum Gasteiger partial charge on any atom is -0.387 e. The molecule has 1 aliphatic heterocycles. The summed E-state index contributed by atoms with van der Waals surface area (Å²) in [6, 6.07) is 4.30. The van der Waals surface area contributed by atoms with Crippen molar-refractivity contribution in [1.29, 1.82) is 5.26 Å². The second-order valence-corrected chi connectivity index (χ2v) is 7.62. The smallest absolute Gasteiger partial charge is 0.255 e. The lowest BCUT2D eigenvalue weighted by Crippen LogP contribution is -2.43. The van der Waals surface area contributed by atoms with Crippen LogP contribution >= 0.6 is 0 Å². The number of halogens is 2. The van der Waals surface area contributed by atoms with Crippen molar-refractivity contribution in [3.8, 4) is 6.07 Å². The molecule has 3 rings (SSSR count). The van der Waals surface area contributed by atoms with Gasteiger partial charge >= 0.3 is 0 Å². The highest BCUT2D eigenvalue weighted by Crippen LogP contribution is 2.24. The van der Waals surface area contributed by atoms with Crippen molar-refractivity contribution in [3.63, 3.8) is 0 Å². The van der Waals surface area contributed by atoms with E-state index in [0.717, 1.165) is 6.07 Å². The van der Waals surface area contributed by atoms with Crippen LogP contribution in [0.5, 0.6) is 0 Å². The first-order valence-corrected chi connectivity index (χ1v) is 9.49. The lowest BCUT2D eigenvalue weighted by Gasteiger charge is -2.29. The summed E-state index contributed by atoms with van der Waals surface area (Å²) in [5, 5.41) is 26.8. The summed E-state index contributed by atoms with van der Waals surface area (Å²) in [6.07, 6.45) is 0.819. The van der Waals surface area contributed by atoms with E-state index in [1.807, 2.05) is 0 Å². The number of alkyl halides is 1.